The molecule has 268 valence electrons. The number of fused-ring (bicyclic) bond motifs is 5. The summed E-state index contributed by atoms with van der Waals surface area (Å²) in [5, 5.41) is 61.3. The predicted molar refractivity (Wildman–Crippen MR) is 163 cm³/mol. The van der Waals surface area contributed by atoms with Gasteiger partial charge in [0.05, 0.1) is 30.3 Å². The van der Waals surface area contributed by atoms with Crippen molar-refractivity contribution in [2.75, 3.05) is 13.2 Å². The van der Waals surface area contributed by atoms with Crippen molar-refractivity contribution in [3.05, 3.63) is 35.5 Å². The van der Waals surface area contributed by atoms with E-state index < -0.39 is 101 Å². The second-order valence-electron chi connectivity index (χ2n) is 14.1. The summed E-state index contributed by atoms with van der Waals surface area (Å²) < 4.78 is 22.0. The van der Waals surface area contributed by atoms with Crippen LogP contribution in [0.25, 0.3) is 0 Å². The first-order valence-electron chi connectivity index (χ1n) is 15.6. The van der Waals surface area contributed by atoms with E-state index in [-0.39, 0.29) is 119 Å². The first-order valence-corrected chi connectivity index (χ1v) is 15.6. The van der Waals surface area contributed by atoms with Crippen molar-refractivity contribution < 1.29 is 152 Å². The maximum Gasteiger partial charge on any atom is 0.408 e. The molecular weight excluding hydrogens is 1070 g/mol. The molecule has 2 saturated carbocycles. The van der Waals surface area contributed by atoms with E-state index in [1.807, 2.05) is 0 Å². The zero-order chi connectivity index (χ0) is 35.4. The Balaban J connectivity index is 0.00000417. The number of carbonyl (C=O) groups is 4. The van der Waals surface area contributed by atoms with E-state index in [9.17, 15) is 44.7 Å². The number of aliphatic hydroxyl groups is 5. The van der Waals surface area contributed by atoms with E-state index in [0.29, 0.717) is 5.57 Å². The van der Waals surface area contributed by atoms with Gasteiger partial charge in [-0.05, 0) is 38.8 Å². The Kier molecular flexibility index (Phi) is 15.0. The molecule has 49 heavy (non-hydrogen) atoms. The minimum atomic E-state index is -2.23. The SMILES string of the molecule is C=CCOC(=O)N[C@@H](C=C(C)C)[C@@H](O)C(=O)O[C@H]1C[C@@]2(O)[C@@H](OC(C)=O)[C@@H]3[C@]4(O)CO[C@@H]4C[C@H](O)[C@@]3(C)C(=O)[C@H](O)C(=C1C)C2(C)C.[Ac].[Ac]. The zero-order valence-electron chi connectivity index (χ0n) is 29.0. The normalized spacial score (nSPS) is 36.9. The Labute approximate surface area is 357 Å². The van der Waals surface area contributed by atoms with Crippen molar-refractivity contribution >= 4 is 23.8 Å². The number of nitrogens with one attached hydrogen (secondary N) is 1. The molecule has 11 atom stereocenters. The van der Waals surface area contributed by atoms with Gasteiger partial charge in [-0.25, -0.2) is 9.59 Å². The number of hydrogen-bond donors (Lipinski definition) is 6. The standard InChI is InChI=1S/C33H47NO13.2Ac/c1-9-10-44-29(41)34-18(11-15(2)3)23(37)28(40)47-19-13-33(43)27(46-17(5)35)25-31(8,20(36)12-21-32(25,42)14-45-21)26(39)24(38)22(16(19)4)30(33,6)7;;/h9,11,18-21,23-25,27,36-38,42-43H,1,10,12-14H2,2-8H3,(H,34,41);;/t18-,19-,20-,21+,23+,24+,25-,27-,31+,32-,33+;;/m0../s1. The minimum Gasteiger partial charge on any atom is -0.459 e. The summed E-state index contributed by atoms with van der Waals surface area (Å²) >= 11 is 0. The van der Waals surface area contributed by atoms with Gasteiger partial charge in [-0.2, -0.15) is 0 Å². The molecule has 0 aromatic rings. The van der Waals surface area contributed by atoms with Gasteiger partial charge in [-0.1, -0.05) is 38.2 Å². The average molecular weight is 1120 g/mol. The number of hydrogen-bond acceptors (Lipinski definition) is 13. The van der Waals surface area contributed by atoms with E-state index in [1.165, 1.54) is 39.8 Å². The molecule has 4 rings (SSSR count). The molecule has 0 aromatic carbocycles. The molecule has 1 aliphatic heterocycles. The van der Waals surface area contributed by atoms with Gasteiger partial charge in [0.1, 0.15) is 36.1 Å². The van der Waals surface area contributed by atoms with Gasteiger partial charge in [-0.15, -0.1) is 0 Å². The van der Waals surface area contributed by atoms with Crippen molar-refractivity contribution in [2.45, 2.75) is 115 Å². The monoisotopic (exact) mass is 1120 g/mol. The molecule has 2 radical (unpaired) electrons. The summed E-state index contributed by atoms with van der Waals surface area (Å²) in [4.78, 5) is 52.7. The van der Waals surface area contributed by atoms with Crippen LogP contribution < -0.4 is 5.32 Å². The van der Waals surface area contributed by atoms with Crippen molar-refractivity contribution in [3.8, 4) is 0 Å². The van der Waals surface area contributed by atoms with Gasteiger partial charge in [0, 0.05) is 119 Å². The molecule has 4 aliphatic rings. The van der Waals surface area contributed by atoms with Crippen molar-refractivity contribution in [2.24, 2.45) is 16.7 Å². The second-order valence-corrected chi connectivity index (χ2v) is 14.1. The molecule has 1 amide bonds. The quantitative estimate of drug-likeness (QED) is 0.110. The molecule has 0 aromatic heterocycles. The smallest absolute Gasteiger partial charge is 0.408 e. The molecule has 0 unspecified atom stereocenters. The number of rotatable bonds is 8. The summed E-state index contributed by atoms with van der Waals surface area (Å²) in [5.74, 6) is -4.41. The van der Waals surface area contributed by atoms with Crippen molar-refractivity contribution in [1.29, 1.82) is 0 Å². The molecule has 1 saturated heterocycles. The van der Waals surface area contributed by atoms with E-state index in [2.05, 4.69) is 11.9 Å². The third kappa shape index (κ3) is 7.72. The molecule has 1 heterocycles. The third-order valence-electron chi connectivity index (χ3n) is 10.6. The Hall–Kier alpha value is -0.257. The summed E-state index contributed by atoms with van der Waals surface area (Å²) in [6.07, 6.45) is -8.15. The van der Waals surface area contributed by atoms with Crippen LogP contribution in [-0.2, 0) is 33.3 Å². The van der Waals surface area contributed by atoms with Gasteiger partial charge in [0.25, 0.3) is 0 Å². The van der Waals surface area contributed by atoms with E-state index in [1.54, 1.807) is 13.8 Å². The summed E-state index contributed by atoms with van der Waals surface area (Å²) in [7, 11) is 0. The van der Waals surface area contributed by atoms with Gasteiger partial charge in [0.15, 0.2) is 11.9 Å². The maximum atomic E-state index is 14.3. The van der Waals surface area contributed by atoms with Crippen molar-refractivity contribution in [1.82, 2.24) is 5.32 Å². The Morgan fingerprint density at radius 1 is 1.10 bits per heavy atom. The van der Waals surface area contributed by atoms with Crippen LogP contribution in [0.1, 0.15) is 61.3 Å². The number of esters is 2. The number of Topliss-reactive ketones (excluding diaryl/α,β-unsaturated/α-hetero) is 1. The van der Waals surface area contributed by atoms with Crippen LogP contribution in [0, 0.1) is 105 Å². The Bertz CT molecular complexity index is 1400. The van der Waals surface area contributed by atoms with Crippen molar-refractivity contribution in [3.63, 3.8) is 0 Å². The largest absolute Gasteiger partial charge is 0.459 e. The second kappa shape index (κ2) is 16.4. The number of allylic oxidation sites excluding steroid dienone is 1. The van der Waals surface area contributed by atoms with E-state index >= 15 is 0 Å². The van der Waals surface area contributed by atoms with E-state index in [4.69, 9.17) is 18.9 Å². The van der Waals surface area contributed by atoms with Crippen LogP contribution in [0.4, 0.5) is 4.79 Å². The third-order valence-corrected chi connectivity index (χ3v) is 10.6. The predicted octanol–water partition coefficient (Wildman–Crippen LogP) is 0.376. The van der Waals surface area contributed by atoms with Crippen LogP contribution in [0.5, 0.6) is 0 Å². The van der Waals surface area contributed by atoms with Crippen LogP contribution in [0.15, 0.2) is 35.5 Å². The van der Waals surface area contributed by atoms with E-state index in [0.717, 1.165) is 6.92 Å². The summed E-state index contributed by atoms with van der Waals surface area (Å²) in [6, 6.07) is -1.29. The molecule has 3 fully saturated rings. The summed E-state index contributed by atoms with van der Waals surface area (Å²) in [6.45, 7) is 13.4. The zero-order valence-corrected chi connectivity index (χ0v) is 38.5. The van der Waals surface area contributed by atoms with Gasteiger partial charge >= 0.3 is 18.0 Å². The van der Waals surface area contributed by atoms with Gasteiger partial charge in [0.2, 0.25) is 0 Å². The number of carbonyl (C=O) groups excluding carboxylic acids is 4. The van der Waals surface area contributed by atoms with Crippen LogP contribution in [-0.4, -0.2) is 116 Å². The topological polar surface area (TPSA) is 218 Å². The first kappa shape index (κ1) is 44.9. The summed E-state index contributed by atoms with van der Waals surface area (Å²) in [5.41, 5.74) is -6.71. The average Bonchev–Trinajstić information content (AvgIpc) is 2.97. The molecule has 3 aliphatic carbocycles. The molecule has 6 N–H and O–H groups in total. The first-order chi connectivity index (χ1) is 21.7. The van der Waals surface area contributed by atoms with Crippen LogP contribution in [0.3, 0.4) is 0 Å². The number of amides is 1. The van der Waals surface area contributed by atoms with Crippen LogP contribution >= 0.6 is 0 Å². The molecule has 16 heteroatoms. The fraction of sp³-hybridized carbons (Fsp3) is 0.697. The minimum absolute atomic E-state index is 0. The fourth-order valence-corrected chi connectivity index (χ4v) is 8.04. The van der Waals surface area contributed by atoms with Crippen LogP contribution in [0.2, 0.25) is 0 Å². The molecule has 2 bridgehead atoms. The maximum absolute atomic E-state index is 14.3. The van der Waals surface area contributed by atoms with Gasteiger partial charge in [-0.3, -0.25) is 9.59 Å². The number of aliphatic hydroxyl groups excluding tert-OH is 3. The number of alkyl carbamates (subject to hydrolysis) is 1. The number of ketones is 1. The molecule has 14 nitrogen and oxygen atoms in total. The Morgan fingerprint density at radius 2 is 1.71 bits per heavy atom. The molecular formula is C33H47Ac2NO13. The Morgan fingerprint density at radius 3 is 2.22 bits per heavy atom. The molecule has 0 spiro atoms. The van der Waals surface area contributed by atoms with Gasteiger partial charge < -0.3 is 49.8 Å². The number of ether oxygens (including phenoxy) is 4. The fourth-order valence-electron chi connectivity index (χ4n) is 8.04.